The normalized spacial score (nSPS) is 9.75. The fourth-order valence-electron chi connectivity index (χ4n) is 0.938. The van der Waals surface area contributed by atoms with E-state index in [1.54, 1.807) is 23.1 Å². The zero-order valence-electron chi connectivity index (χ0n) is 6.57. The zero-order valence-corrected chi connectivity index (χ0v) is 8.21. The Bertz CT molecular complexity index is 339. The van der Waals surface area contributed by atoms with E-state index >= 15 is 0 Å². The van der Waals surface area contributed by atoms with Crippen LogP contribution in [-0.2, 0) is 0 Å². The van der Waals surface area contributed by atoms with Crippen molar-refractivity contribution in [3.05, 3.63) is 24.3 Å². The van der Waals surface area contributed by atoms with Crippen LogP contribution in [0.1, 0.15) is 0 Å². The third kappa shape index (κ3) is 1.60. The average molecular weight is 199 g/mol. The summed E-state index contributed by atoms with van der Waals surface area (Å²) in [7, 11) is 0. The minimum atomic E-state index is 0. The highest BCUT2D eigenvalue weighted by Gasteiger charge is 1.99. The average Bonchev–Trinajstić information content (AvgIpc) is 2.46. The van der Waals surface area contributed by atoms with Crippen LogP contribution in [0.3, 0.4) is 0 Å². The first-order chi connectivity index (χ1) is 5.40. The van der Waals surface area contributed by atoms with Crippen molar-refractivity contribution < 1.29 is 5.48 Å². The predicted octanol–water partition coefficient (Wildman–Crippen LogP) is 2.19. The molecule has 0 aliphatic heterocycles. The number of para-hydroxylation sites is 1. The van der Waals surface area contributed by atoms with Crippen LogP contribution in [0.2, 0.25) is 0 Å². The van der Waals surface area contributed by atoms with E-state index in [1.165, 1.54) is 4.70 Å². The van der Waals surface area contributed by atoms with E-state index in [-0.39, 0.29) is 5.48 Å². The summed E-state index contributed by atoms with van der Waals surface area (Å²) in [5.41, 5.74) is 1.11. The molecule has 0 saturated heterocycles. The molecule has 0 unspecified atom stereocenters. The Morgan fingerprint density at radius 1 is 1.33 bits per heavy atom. The number of benzene rings is 1. The molecule has 1 aromatic carbocycles. The second kappa shape index (κ2) is 3.89. The minimum absolute atomic E-state index is 0. The molecule has 2 nitrogen and oxygen atoms in total. The monoisotopic (exact) mass is 199 g/mol. The van der Waals surface area contributed by atoms with Gasteiger partial charge in [-0.1, -0.05) is 23.9 Å². The highest BCUT2D eigenvalue weighted by atomic mass is 32.2. The van der Waals surface area contributed by atoms with Gasteiger partial charge in [-0.2, -0.15) is 0 Å². The number of nitrogens with zero attached hydrogens (tertiary/aromatic N) is 1. The predicted molar refractivity (Wildman–Crippen MR) is 55.0 cm³/mol. The van der Waals surface area contributed by atoms with Crippen LogP contribution in [0.25, 0.3) is 10.2 Å². The lowest BCUT2D eigenvalue weighted by Gasteiger charge is -1.80. The summed E-state index contributed by atoms with van der Waals surface area (Å²) in [6, 6.07) is 8.22. The second-order valence-electron chi connectivity index (χ2n) is 2.15. The summed E-state index contributed by atoms with van der Waals surface area (Å²) in [5.74, 6) is 0. The van der Waals surface area contributed by atoms with E-state index in [0.717, 1.165) is 9.86 Å². The third-order valence-corrected chi connectivity index (χ3v) is 3.47. The van der Waals surface area contributed by atoms with Gasteiger partial charge in [0.2, 0.25) is 0 Å². The molecular weight excluding hydrogens is 190 g/mol. The maximum atomic E-state index is 4.41. The molecule has 0 fully saturated rings. The molecule has 1 aromatic heterocycles. The van der Waals surface area contributed by atoms with Gasteiger partial charge in [0.1, 0.15) is 0 Å². The SMILES string of the molecule is CSc1nc2ccccc2s1.O. The van der Waals surface area contributed by atoms with Crippen LogP contribution in [0.15, 0.2) is 28.6 Å². The molecule has 0 spiro atoms. The molecule has 2 aromatic rings. The molecular formula is C8H9NOS2. The summed E-state index contributed by atoms with van der Waals surface area (Å²) >= 11 is 3.45. The van der Waals surface area contributed by atoms with Gasteiger partial charge in [-0.3, -0.25) is 0 Å². The van der Waals surface area contributed by atoms with Gasteiger partial charge in [0.25, 0.3) is 0 Å². The van der Waals surface area contributed by atoms with Crippen molar-refractivity contribution in [1.82, 2.24) is 4.98 Å². The molecule has 0 aliphatic rings. The first kappa shape index (κ1) is 9.51. The molecule has 0 aliphatic carbocycles. The lowest BCUT2D eigenvalue weighted by molar-refractivity contribution is 0.824. The van der Waals surface area contributed by atoms with Crippen LogP contribution in [0.5, 0.6) is 0 Å². The minimum Gasteiger partial charge on any atom is -0.412 e. The van der Waals surface area contributed by atoms with Crippen molar-refractivity contribution in [2.75, 3.05) is 6.26 Å². The van der Waals surface area contributed by atoms with Gasteiger partial charge in [0.15, 0.2) is 4.34 Å². The Morgan fingerprint density at radius 2 is 2.08 bits per heavy atom. The molecule has 2 N–H and O–H groups in total. The van der Waals surface area contributed by atoms with Crippen molar-refractivity contribution in [3.8, 4) is 0 Å². The van der Waals surface area contributed by atoms with Gasteiger partial charge in [0, 0.05) is 0 Å². The summed E-state index contributed by atoms with van der Waals surface area (Å²) in [4.78, 5) is 4.41. The first-order valence-corrected chi connectivity index (χ1v) is 5.34. The van der Waals surface area contributed by atoms with Gasteiger partial charge < -0.3 is 5.48 Å². The molecule has 0 radical (unpaired) electrons. The number of hydrogen-bond acceptors (Lipinski definition) is 3. The Hall–Kier alpha value is -0.580. The van der Waals surface area contributed by atoms with Crippen LogP contribution in [0.4, 0.5) is 0 Å². The zero-order chi connectivity index (χ0) is 7.68. The molecule has 0 amide bonds. The highest BCUT2D eigenvalue weighted by molar-refractivity contribution is 8.00. The van der Waals surface area contributed by atoms with Gasteiger partial charge in [-0.25, -0.2) is 4.98 Å². The van der Waals surface area contributed by atoms with Gasteiger partial charge >= 0.3 is 0 Å². The molecule has 0 saturated carbocycles. The van der Waals surface area contributed by atoms with E-state index in [0.29, 0.717) is 0 Å². The Morgan fingerprint density at radius 3 is 2.75 bits per heavy atom. The molecule has 2 rings (SSSR count). The quantitative estimate of drug-likeness (QED) is 0.661. The summed E-state index contributed by atoms with van der Waals surface area (Å²) in [6.45, 7) is 0. The number of hydrogen-bond donors (Lipinski definition) is 0. The third-order valence-electron chi connectivity index (χ3n) is 1.45. The number of rotatable bonds is 1. The summed E-state index contributed by atoms with van der Waals surface area (Å²) in [5, 5.41) is 0. The molecule has 1 heterocycles. The molecule has 0 atom stereocenters. The van der Waals surface area contributed by atoms with E-state index in [1.807, 2.05) is 18.2 Å². The maximum absolute atomic E-state index is 4.41. The van der Waals surface area contributed by atoms with Crippen molar-refractivity contribution in [2.45, 2.75) is 4.34 Å². The van der Waals surface area contributed by atoms with E-state index in [2.05, 4.69) is 17.3 Å². The van der Waals surface area contributed by atoms with E-state index in [4.69, 9.17) is 0 Å². The van der Waals surface area contributed by atoms with E-state index in [9.17, 15) is 0 Å². The number of thiazole rings is 1. The smallest absolute Gasteiger partial charge is 0.150 e. The van der Waals surface area contributed by atoms with Gasteiger partial charge in [-0.15, -0.1) is 11.3 Å². The highest BCUT2D eigenvalue weighted by Crippen LogP contribution is 2.27. The first-order valence-electron chi connectivity index (χ1n) is 3.30. The van der Waals surface area contributed by atoms with Gasteiger partial charge in [-0.05, 0) is 18.4 Å². The fraction of sp³-hybridized carbons (Fsp3) is 0.125. The molecule has 4 heteroatoms. The molecule has 0 bridgehead atoms. The molecule has 64 valence electrons. The van der Waals surface area contributed by atoms with Crippen molar-refractivity contribution in [1.29, 1.82) is 0 Å². The van der Waals surface area contributed by atoms with Crippen LogP contribution < -0.4 is 0 Å². The van der Waals surface area contributed by atoms with Crippen molar-refractivity contribution in [2.24, 2.45) is 0 Å². The van der Waals surface area contributed by atoms with Gasteiger partial charge in [0.05, 0.1) is 10.2 Å². The van der Waals surface area contributed by atoms with Crippen LogP contribution >= 0.6 is 23.1 Å². The topological polar surface area (TPSA) is 44.4 Å². The standard InChI is InChI=1S/C8H7NS2.H2O/c1-10-8-9-6-4-2-3-5-7(6)11-8;/h2-5H,1H3;1H2. The fourth-order valence-corrected chi connectivity index (χ4v) is 2.43. The molecule has 12 heavy (non-hydrogen) atoms. The number of aromatic nitrogens is 1. The van der Waals surface area contributed by atoms with Crippen LogP contribution in [-0.4, -0.2) is 16.7 Å². The Kier molecular flexibility index (Phi) is 3.08. The maximum Gasteiger partial charge on any atom is 0.150 e. The largest absolute Gasteiger partial charge is 0.412 e. The second-order valence-corrected chi connectivity index (χ2v) is 4.24. The van der Waals surface area contributed by atoms with Crippen molar-refractivity contribution in [3.63, 3.8) is 0 Å². The van der Waals surface area contributed by atoms with E-state index < -0.39 is 0 Å². The lowest BCUT2D eigenvalue weighted by atomic mass is 10.3. The number of fused-ring (bicyclic) bond motifs is 1. The van der Waals surface area contributed by atoms with Crippen molar-refractivity contribution >= 4 is 33.3 Å². The lowest BCUT2D eigenvalue weighted by Crippen LogP contribution is -1.65. The van der Waals surface area contributed by atoms with Crippen LogP contribution in [0, 0.1) is 0 Å². The summed E-state index contributed by atoms with van der Waals surface area (Å²) < 4.78 is 2.42. The summed E-state index contributed by atoms with van der Waals surface area (Å²) in [6.07, 6.45) is 2.05. The Labute approximate surface area is 78.9 Å². The Balaban J connectivity index is 0.000000720. The number of thioether (sulfide) groups is 1.